The van der Waals surface area contributed by atoms with Crippen molar-refractivity contribution >= 4 is 5.97 Å². The lowest BCUT2D eigenvalue weighted by atomic mass is 9.87. The van der Waals surface area contributed by atoms with Gasteiger partial charge < -0.3 is 14.2 Å². The van der Waals surface area contributed by atoms with Crippen LogP contribution in [0.25, 0.3) is 0 Å². The zero-order chi connectivity index (χ0) is 16.5. The molecule has 2 rings (SSSR count). The van der Waals surface area contributed by atoms with Crippen LogP contribution in [-0.2, 0) is 4.74 Å². The fourth-order valence-electron chi connectivity index (χ4n) is 2.91. The number of hydrogen-bond acceptors (Lipinski definition) is 4. The third kappa shape index (κ3) is 5.21. The standard InChI is InChI=1S/C19H24O4/c1-3-12-22-17-10-9-16(14-18(17)21-2)19(20)23-13-11-15-7-5-4-6-8-15/h1,9-10,14-15H,4-8,11-13H2,2H3. The van der Waals surface area contributed by atoms with Crippen molar-refractivity contribution < 1.29 is 19.0 Å². The summed E-state index contributed by atoms with van der Waals surface area (Å²) in [4.78, 5) is 12.1. The molecule has 1 aromatic rings. The van der Waals surface area contributed by atoms with Gasteiger partial charge in [-0.2, -0.15) is 0 Å². The van der Waals surface area contributed by atoms with Gasteiger partial charge in [0, 0.05) is 0 Å². The Labute approximate surface area is 138 Å². The molecule has 124 valence electrons. The van der Waals surface area contributed by atoms with E-state index in [2.05, 4.69) is 5.92 Å². The normalized spacial score (nSPS) is 14.8. The number of esters is 1. The molecular formula is C19H24O4. The SMILES string of the molecule is C#CCOc1ccc(C(=O)OCCC2CCCCC2)cc1OC. The van der Waals surface area contributed by atoms with Crippen LogP contribution in [0.5, 0.6) is 11.5 Å². The molecule has 0 unspecified atom stereocenters. The van der Waals surface area contributed by atoms with Gasteiger partial charge in [-0.1, -0.05) is 38.0 Å². The van der Waals surface area contributed by atoms with E-state index >= 15 is 0 Å². The van der Waals surface area contributed by atoms with Crippen molar-refractivity contribution in [1.29, 1.82) is 0 Å². The summed E-state index contributed by atoms with van der Waals surface area (Å²) in [6.45, 7) is 0.628. The quantitative estimate of drug-likeness (QED) is 0.566. The highest BCUT2D eigenvalue weighted by molar-refractivity contribution is 5.90. The molecule has 0 heterocycles. The maximum absolute atomic E-state index is 12.1. The van der Waals surface area contributed by atoms with E-state index in [0.29, 0.717) is 29.6 Å². The molecule has 0 aliphatic heterocycles. The summed E-state index contributed by atoms with van der Waals surface area (Å²) in [5.41, 5.74) is 0.457. The second-order valence-corrected chi connectivity index (χ2v) is 5.79. The van der Waals surface area contributed by atoms with Gasteiger partial charge in [-0.15, -0.1) is 6.42 Å². The summed E-state index contributed by atoms with van der Waals surface area (Å²) >= 11 is 0. The van der Waals surface area contributed by atoms with Crippen LogP contribution in [0.1, 0.15) is 48.9 Å². The van der Waals surface area contributed by atoms with Crippen LogP contribution in [0.15, 0.2) is 18.2 Å². The number of hydrogen-bond donors (Lipinski definition) is 0. The third-order valence-corrected chi connectivity index (χ3v) is 4.19. The molecule has 0 aromatic heterocycles. The second kappa shape index (κ2) is 9.09. The average Bonchev–Trinajstić information content (AvgIpc) is 2.60. The van der Waals surface area contributed by atoms with E-state index in [1.54, 1.807) is 18.2 Å². The topological polar surface area (TPSA) is 44.8 Å². The lowest BCUT2D eigenvalue weighted by Crippen LogP contribution is -2.12. The van der Waals surface area contributed by atoms with Crippen molar-refractivity contribution in [2.24, 2.45) is 5.92 Å². The van der Waals surface area contributed by atoms with Crippen LogP contribution in [0.3, 0.4) is 0 Å². The maximum Gasteiger partial charge on any atom is 0.338 e. The van der Waals surface area contributed by atoms with Gasteiger partial charge in [-0.3, -0.25) is 0 Å². The first-order valence-electron chi connectivity index (χ1n) is 8.16. The minimum atomic E-state index is -0.331. The Morgan fingerprint density at radius 3 is 2.74 bits per heavy atom. The molecule has 0 spiro atoms. The average molecular weight is 316 g/mol. The highest BCUT2D eigenvalue weighted by Gasteiger charge is 2.16. The first-order chi connectivity index (χ1) is 11.2. The van der Waals surface area contributed by atoms with E-state index in [1.807, 2.05) is 0 Å². The van der Waals surface area contributed by atoms with E-state index in [0.717, 1.165) is 6.42 Å². The molecule has 4 heteroatoms. The van der Waals surface area contributed by atoms with Crippen LogP contribution in [-0.4, -0.2) is 26.3 Å². The molecule has 0 amide bonds. The fourth-order valence-corrected chi connectivity index (χ4v) is 2.91. The smallest absolute Gasteiger partial charge is 0.338 e. The molecule has 0 atom stereocenters. The Morgan fingerprint density at radius 1 is 1.26 bits per heavy atom. The number of methoxy groups -OCH3 is 1. The van der Waals surface area contributed by atoms with Gasteiger partial charge >= 0.3 is 5.97 Å². The number of ether oxygens (including phenoxy) is 3. The summed E-state index contributed by atoms with van der Waals surface area (Å²) in [7, 11) is 1.52. The van der Waals surface area contributed by atoms with Crippen molar-refractivity contribution in [2.75, 3.05) is 20.3 Å². The number of terminal acetylenes is 1. The monoisotopic (exact) mass is 316 g/mol. The highest BCUT2D eigenvalue weighted by atomic mass is 16.5. The first kappa shape index (κ1) is 17.2. The van der Waals surface area contributed by atoms with Gasteiger partial charge in [0.05, 0.1) is 19.3 Å². The summed E-state index contributed by atoms with van der Waals surface area (Å²) in [6, 6.07) is 4.96. The van der Waals surface area contributed by atoms with Gasteiger partial charge in [0.1, 0.15) is 6.61 Å². The molecule has 0 bridgehead atoms. The number of rotatable bonds is 7. The van der Waals surface area contributed by atoms with Crippen LogP contribution in [0.4, 0.5) is 0 Å². The van der Waals surface area contributed by atoms with Crippen LogP contribution >= 0.6 is 0 Å². The zero-order valence-electron chi connectivity index (χ0n) is 13.7. The van der Waals surface area contributed by atoms with Crippen molar-refractivity contribution in [3.05, 3.63) is 23.8 Å². The van der Waals surface area contributed by atoms with E-state index in [-0.39, 0.29) is 12.6 Å². The van der Waals surface area contributed by atoms with Crippen LogP contribution < -0.4 is 9.47 Å². The molecule has 1 saturated carbocycles. The highest BCUT2D eigenvalue weighted by Crippen LogP contribution is 2.29. The molecule has 1 aliphatic carbocycles. The lowest BCUT2D eigenvalue weighted by Gasteiger charge is -2.21. The molecule has 1 fully saturated rings. The van der Waals surface area contributed by atoms with E-state index in [4.69, 9.17) is 20.6 Å². The van der Waals surface area contributed by atoms with E-state index in [1.165, 1.54) is 39.2 Å². The largest absolute Gasteiger partial charge is 0.493 e. The Balaban J connectivity index is 1.87. The Bertz CT molecular complexity index is 553. The molecule has 0 radical (unpaired) electrons. The number of carbonyl (C=O) groups excluding carboxylic acids is 1. The zero-order valence-corrected chi connectivity index (χ0v) is 13.7. The molecule has 1 aliphatic rings. The van der Waals surface area contributed by atoms with Gasteiger partial charge in [0.25, 0.3) is 0 Å². The summed E-state index contributed by atoms with van der Waals surface area (Å²) in [5, 5.41) is 0. The number of benzene rings is 1. The predicted octanol–water partition coefficient (Wildman–Crippen LogP) is 3.83. The lowest BCUT2D eigenvalue weighted by molar-refractivity contribution is 0.0474. The van der Waals surface area contributed by atoms with Crippen molar-refractivity contribution in [3.63, 3.8) is 0 Å². The van der Waals surface area contributed by atoms with Crippen LogP contribution in [0.2, 0.25) is 0 Å². The minimum Gasteiger partial charge on any atom is -0.493 e. The molecule has 0 N–H and O–H groups in total. The summed E-state index contributed by atoms with van der Waals surface area (Å²) < 4.78 is 16.0. The third-order valence-electron chi connectivity index (χ3n) is 4.19. The Morgan fingerprint density at radius 2 is 2.04 bits per heavy atom. The predicted molar refractivity (Wildman–Crippen MR) is 88.8 cm³/mol. The Hall–Kier alpha value is -2.15. The van der Waals surface area contributed by atoms with E-state index in [9.17, 15) is 4.79 Å². The van der Waals surface area contributed by atoms with Crippen molar-refractivity contribution in [1.82, 2.24) is 0 Å². The molecule has 23 heavy (non-hydrogen) atoms. The van der Waals surface area contributed by atoms with Gasteiger partial charge in [-0.05, 0) is 30.5 Å². The second-order valence-electron chi connectivity index (χ2n) is 5.79. The van der Waals surface area contributed by atoms with Gasteiger partial charge in [0.15, 0.2) is 11.5 Å². The minimum absolute atomic E-state index is 0.154. The van der Waals surface area contributed by atoms with Crippen LogP contribution in [0, 0.1) is 18.3 Å². The maximum atomic E-state index is 12.1. The molecule has 4 nitrogen and oxygen atoms in total. The van der Waals surface area contributed by atoms with Crippen molar-refractivity contribution in [2.45, 2.75) is 38.5 Å². The van der Waals surface area contributed by atoms with Crippen molar-refractivity contribution in [3.8, 4) is 23.8 Å². The molecule has 1 aromatic carbocycles. The summed E-state index contributed by atoms with van der Waals surface area (Å²) in [6.07, 6.45) is 12.6. The molecular weight excluding hydrogens is 292 g/mol. The number of carbonyl (C=O) groups is 1. The van der Waals surface area contributed by atoms with E-state index < -0.39 is 0 Å². The van der Waals surface area contributed by atoms with Gasteiger partial charge in [-0.25, -0.2) is 4.79 Å². The fraction of sp³-hybridized carbons (Fsp3) is 0.526. The molecule has 0 saturated heterocycles. The summed E-state index contributed by atoms with van der Waals surface area (Å²) in [5.74, 6) is 3.76. The van der Waals surface area contributed by atoms with Gasteiger partial charge in [0.2, 0.25) is 0 Å². The first-order valence-corrected chi connectivity index (χ1v) is 8.16. The Kier molecular flexibility index (Phi) is 6.80.